The Bertz CT molecular complexity index is 1770. The molecule has 3 aliphatic rings. The van der Waals surface area contributed by atoms with Gasteiger partial charge in [0, 0.05) is 17.2 Å². The summed E-state index contributed by atoms with van der Waals surface area (Å²) in [5.41, 5.74) is -0.776. The summed E-state index contributed by atoms with van der Waals surface area (Å²) >= 11 is 6.07. The molecule has 0 amide bonds. The molecule has 1 unspecified atom stereocenters. The predicted octanol–water partition coefficient (Wildman–Crippen LogP) is 6.30. The molecule has 1 aliphatic carbocycles. The van der Waals surface area contributed by atoms with Crippen molar-refractivity contribution in [2.75, 3.05) is 0 Å². The number of rotatable bonds is 5. The van der Waals surface area contributed by atoms with Crippen LogP contribution in [0.2, 0.25) is 5.02 Å². The van der Waals surface area contributed by atoms with Gasteiger partial charge in [-0.05, 0) is 50.6 Å². The van der Waals surface area contributed by atoms with Gasteiger partial charge in [0.2, 0.25) is 0 Å². The predicted molar refractivity (Wildman–Crippen MR) is 149 cm³/mol. The number of ether oxygens (including phenoxy) is 3. The topological polar surface area (TPSA) is 119 Å². The second-order valence-corrected chi connectivity index (χ2v) is 11.0. The lowest BCUT2D eigenvalue weighted by Crippen LogP contribution is -2.38. The van der Waals surface area contributed by atoms with E-state index in [0.717, 1.165) is 6.92 Å². The monoisotopic (exact) mass is 590 g/mol. The van der Waals surface area contributed by atoms with Crippen LogP contribution >= 0.6 is 11.6 Å². The lowest BCUT2D eigenvalue weighted by atomic mass is 9.70. The van der Waals surface area contributed by atoms with E-state index in [-0.39, 0.29) is 69.1 Å². The number of aliphatic hydroxyl groups is 1. The molecule has 0 radical (unpaired) electrons. The Morgan fingerprint density at radius 2 is 1.86 bits per heavy atom. The molecule has 2 aliphatic heterocycles. The average Bonchev–Trinajstić information content (AvgIpc) is 3.24. The maximum Gasteiger partial charge on any atom is 0.188 e. The third-order valence-electron chi connectivity index (χ3n) is 7.98. The van der Waals surface area contributed by atoms with E-state index in [1.807, 2.05) is 0 Å². The lowest BCUT2D eigenvalue weighted by molar-refractivity contribution is -0.123. The Labute approximate surface area is 244 Å². The second-order valence-electron chi connectivity index (χ2n) is 10.6. The number of aliphatic hydroxyl groups excluding tert-OH is 1. The third-order valence-corrected chi connectivity index (χ3v) is 8.34. The number of phenols is 1. The van der Waals surface area contributed by atoms with Crippen molar-refractivity contribution in [3.8, 4) is 23.0 Å². The summed E-state index contributed by atoms with van der Waals surface area (Å²) in [6.07, 6.45) is 0.399. The highest BCUT2D eigenvalue weighted by Gasteiger charge is 2.56. The van der Waals surface area contributed by atoms with E-state index < -0.39 is 40.2 Å². The van der Waals surface area contributed by atoms with Crippen molar-refractivity contribution in [2.24, 2.45) is 0 Å². The van der Waals surface area contributed by atoms with Crippen LogP contribution in [-0.2, 0) is 21.6 Å². The van der Waals surface area contributed by atoms with E-state index in [2.05, 4.69) is 0 Å². The third kappa shape index (κ3) is 3.99. The van der Waals surface area contributed by atoms with Gasteiger partial charge in [-0.1, -0.05) is 29.8 Å². The van der Waals surface area contributed by atoms with Crippen LogP contribution in [0.15, 0.2) is 65.6 Å². The van der Waals surface area contributed by atoms with Gasteiger partial charge < -0.3 is 24.4 Å². The summed E-state index contributed by atoms with van der Waals surface area (Å²) in [5, 5.41) is 21.9. The zero-order chi connectivity index (χ0) is 30.1. The minimum Gasteiger partial charge on any atom is -0.507 e. The van der Waals surface area contributed by atoms with E-state index >= 15 is 0 Å². The summed E-state index contributed by atoms with van der Waals surface area (Å²) in [7, 11) is 0. The fourth-order valence-electron chi connectivity index (χ4n) is 5.67. The molecule has 2 heterocycles. The van der Waals surface area contributed by atoms with E-state index in [4.69, 9.17) is 25.8 Å². The van der Waals surface area contributed by atoms with E-state index in [1.165, 1.54) is 25.1 Å². The van der Waals surface area contributed by atoms with Crippen LogP contribution in [0.4, 0.5) is 4.39 Å². The number of fused-ring (bicyclic) bond motifs is 5. The number of hydrogen-bond acceptors (Lipinski definition) is 8. The SMILES string of the molecule is CC(=O)C1=C(O)C=C2Oc3c4c(c(C)c(O)c3[C@]2(C)C1=O)OC(c1ccc(OCc2c(F)cccc2Cl)cc1)CC4=O. The Morgan fingerprint density at radius 1 is 1.14 bits per heavy atom. The summed E-state index contributed by atoms with van der Waals surface area (Å²) in [5.74, 6) is -2.50. The molecule has 0 saturated carbocycles. The first-order valence-electron chi connectivity index (χ1n) is 13.1. The molecule has 3 aromatic carbocycles. The zero-order valence-corrected chi connectivity index (χ0v) is 23.5. The van der Waals surface area contributed by atoms with Crippen LogP contribution in [0.5, 0.6) is 23.0 Å². The number of Topliss-reactive ketones (excluding diaryl/α,β-unsaturated/α-hetero) is 3. The van der Waals surface area contributed by atoms with Gasteiger partial charge in [-0.3, -0.25) is 14.4 Å². The number of halogens is 2. The first kappa shape index (κ1) is 27.5. The molecular weight excluding hydrogens is 567 g/mol. The van der Waals surface area contributed by atoms with Crippen molar-refractivity contribution in [3.63, 3.8) is 0 Å². The smallest absolute Gasteiger partial charge is 0.188 e. The number of ketones is 3. The Balaban J connectivity index is 1.30. The van der Waals surface area contributed by atoms with Crippen molar-refractivity contribution < 1.29 is 43.2 Å². The number of allylic oxidation sites excluding steroid dienone is 3. The highest BCUT2D eigenvalue weighted by Crippen LogP contribution is 2.59. The van der Waals surface area contributed by atoms with Gasteiger partial charge in [0.25, 0.3) is 0 Å². The molecule has 42 heavy (non-hydrogen) atoms. The van der Waals surface area contributed by atoms with E-state index in [0.29, 0.717) is 11.3 Å². The van der Waals surface area contributed by atoms with Crippen LogP contribution in [0, 0.1) is 12.7 Å². The molecule has 214 valence electrons. The normalized spacial score (nSPS) is 20.7. The van der Waals surface area contributed by atoms with Crippen molar-refractivity contribution in [2.45, 2.75) is 45.3 Å². The number of benzene rings is 3. The minimum absolute atomic E-state index is 0.00437. The Morgan fingerprint density at radius 3 is 2.52 bits per heavy atom. The first-order chi connectivity index (χ1) is 19.9. The van der Waals surface area contributed by atoms with Gasteiger partial charge in [0.1, 0.15) is 69.6 Å². The highest BCUT2D eigenvalue weighted by molar-refractivity contribution is 6.31. The molecule has 0 saturated heterocycles. The molecule has 0 spiro atoms. The number of carbonyl (C=O) groups excluding carboxylic acids is 3. The van der Waals surface area contributed by atoms with E-state index in [1.54, 1.807) is 37.3 Å². The van der Waals surface area contributed by atoms with Crippen molar-refractivity contribution in [1.29, 1.82) is 0 Å². The number of aromatic hydroxyl groups is 1. The summed E-state index contributed by atoms with van der Waals surface area (Å²) < 4.78 is 31.9. The summed E-state index contributed by atoms with van der Waals surface area (Å²) in [6.45, 7) is 4.13. The number of carbonyl (C=O) groups is 3. The van der Waals surface area contributed by atoms with Gasteiger partial charge in [-0.25, -0.2) is 4.39 Å². The number of phenolic OH excluding ortho intramolecular Hbond substituents is 1. The maximum atomic E-state index is 14.1. The Hall–Kier alpha value is -4.63. The molecule has 3 aromatic rings. The molecule has 8 nitrogen and oxygen atoms in total. The van der Waals surface area contributed by atoms with Crippen LogP contribution in [0.25, 0.3) is 0 Å². The van der Waals surface area contributed by atoms with E-state index in [9.17, 15) is 29.0 Å². The molecule has 0 aromatic heterocycles. The maximum absolute atomic E-state index is 14.1. The summed E-state index contributed by atoms with van der Waals surface area (Å²) in [4.78, 5) is 39.2. The van der Waals surface area contributed by atoms with Crippen LogP contribution in [0.1, 0.15) is 59.0 Å². The molecule has 2 atom stereocenters. The van der Waals surface area contributed by atoms with Crippen molar-refractivity contribution >= 4 is 29.0 Å². The second kappa shape index (κ2) is 9.73. The van der Waals surface area contributed by atoms with Crippen LogP contribution in [0.3, 0.4) is 0 Å². The number of hydrogen-bond donors (Lipinski definition) is 2. The van der Waals surface area contributed by atoms with Gasteiger partial charge >= 0.3 is 0 Å². The fraction of sp³-hybridized carbons (Fsp3) is 0.219. The summed E-state index contributed by atoms with van der Waals surface area (Å²) in [6, 6.07) is 11.2. The van der Waals surface area contributed by atoms with Crippen LogP contribution in [-0.4, -0.2) is 27.6 Å². The highest BCUT2D eigenvalue weighted by atomic mass is 35.5. The lowest BCUT2D eigenvalue weighted by Gasteiger charge is -2.30. The van der Waals surface area contributed by atoms with Gasteiger partial charge in [0.15, 0.2) is 17.3 Å². The molecule has 10 heteroatoms. The van der Waals surface area contributed by atoms with Crippen molar-refractivity contribution in [1.82, 2.24) is 0 Å². The van der Waals surface area contributed by atoms with Gasteiger partial charge in [-0.2, -0.15) is 0 Å². The quantitative estimate of drug-likeness (QED) is 0.332. The fourth-order valence-corrected chi connectivity index (χ4v) is 5.88. The van der Waals surface area contributed by atoms with Crippen LogP contribution < -0.4 is 14.2 Å². The molecule has 2 N–H and O–H groups in total. The molecular formula is C32H24ClFO8. The van der Waals surface area contributed by atoms with Gasteiger partial charge in [0.05, 0.1) is 17.0 Å². The average molecular weight is 591 g/mol. The van der Waals surface area contributed by atoms with Crippen molar-refractivity contribution in [3.05, 3.63) is 104 Å². The first-order valence-corrected chi connectivity index (χ1v) is 13.5. The zero-order valence-electron chi connectivity index (χ0n) is 22.7. The molecule has 0 bridgehead atoms. The Kier molecular flexibility index (Phi) is 6.38. The standard InChI is InChI=1S/C32H24ClFO8/c1-14-28(38)27-30(42-24-12-22(37)25(15(2)35)31(39)32(24,27)3)26-21(36)11-23(41-29(14)26)16-7-9-17(10-8-16)40-13-18-19(33)5-4-6-20(18)34/h4-10,12,23,37-38H,11,13H2,1-3H3/t23?,32-/m1/s1. The van der Waals surface area contributed by atoms with Gasteiger partial charge in [-0.15, -0.1) is 0 Å². The molecule has 6 rings (SSSR count). The largest absolute Gasteiger partial charge is 0.507 e. The minimum atomic E-state index is -1.62. The molecule has 0 fully saturated rings.